The molecule has 0 aliphatic rings. The molecule has 1 aromatic rings. The highest BCUT2D eigenvalue weighted by molar-refractivity contribution is 5.95. The van der Waals surface area contributed by atoms with E-state index >= 15 is 0 Å². The van der Waals surface area contributed by atoms with Gasteiger partial charge in [-0.25, -0.2) is 15.2 Å². The molecule has 20 heavy (non-hydrogen) atoms. The number of carbonyl (C=O) groups is 1. The molecule has 5 nitrogen and oxygen atoms in total. The van der Waals surface area contributed by atoms with E-state index in [1.807, 2.05) is 0 Å². The zero-order chi connectivity index (χ0) is 15.0. The average molecular weight is 282 g/mol. The lowest BCUT2D eigenvalue weighted by Crippen LogP contribution is -2.30. The third kappa shape index (κ3) is 4.45. The first kappa shape index (κ1) is 16.4. The molecule has 0 spiro atoms. The highest BCUT2D eigenvalue weighted by atomic mass is 19.1. The smallest absolute Gasteiger partial charge is 0.254 e. The summed E-state index contributed by atoms with van der Waals surface area (Å²) in [7, 11) is 0. The number of hydrogen-bond acceptors (Lipinski definition) is 4. The summed E-state index contributed by atoms with van der Waals surface area (Å²) in [5.41, 5.74) is 2.09. The maximum Gasteiger partial charge on any atom is 0.254 e. The summed E-state index contributed by atoms with van der Waals surface area (Å²) in [6.07, 6.45) is 5.69. The standard InChI is InChI=1S/C14H23FN4O/c1-3-5-6-10(4-2)9-18-14(20)11-7-8-17-13(19-16)12(11)15/h7-8,10H,3-6,9,16H2,1-2H3,(H,17,19)(H,18,20). The molecular formula is C14H23FN4O. The summed E-state index contributed by atoms with van der Waals surface area (Å²) in [4.78, 5) is 15.7. The van der Waals surface area contributed by atoms with E-state index in [4.69, 9.17) is 5.84 Å². The van der Waals surface area contributed by atoms with Crippen LogP contribution in [0, 0.1) is 11.7 Å². The van der Waals surface area contributed by atoms with Crippen LogP contribution in [0.2, 0.25) is 0 Å². The molecule has 1 unspecified atom stereocenters. The minimum absolute atomic E-state index is 0.0432. The minimum atomic E-state index is -0.728. The van der Waals surface area contributed by atoms with Crippen LogP contribution < -0.4 is 16.6 Å². The average Bonchev–Trinajstić information content (AvgIpc) is 2.47. The Balaban J connectivity index is 2.62. The zero-order valence-electron chi connectivity index (χ0n) is 12.1. The minimum Gasteiger partial charge on any atom is -0.352 e. The second-order valence-corrected chi connectivity index (χ2v) is 4.79. The van der Waals surface area contributed by atoms with Gasteiger partial charge in [0.15, 0.2) is 11.6 Å². The quantitative estimate of drug-likeness (QED) is 0.505. The molecule has 0 radical (unpaired) electrons. The molecule has 0 aliphatic carbocycles. The van der Waals surface area contributed by atoms with Crippen molar-refractivity contribution in [3.63, 3.8) is 0 Å². The van der Waals surface area contributed by atoms with E-state index in [1.165, 1.54) is 12.3 Å². The van der Waals surface area contributed by atoms with Gasteiger partial charge in [0.25, 0.3) is 5.91 Å². The molecule has 112 valence electrons. The van der Waals surface area contributed by atoms with Gasteiger partial charge in [-0.2, -0.15) is 0 Å². The number of anilines is 1. The van der Waals surface area contributed by atoms with Crippen molar-refractivity contribution in [1.82, 2.24) is 10.3 Å². The Kier molecular flexibility index (Phi) is 6.93. The summed E-state index contributed by atoms with van der Waals surface area (Å²) in [5.74, 6) is 4.27. The number of nitrogen functional groups attached to an aromatic ring is 1. The van der Waals surface area contributed by atoms with Crippen LogP contribution in [0.1, 0.15) is 49.9 Å². The van der Waals surface area contributed by atoms with E-state index in [1.54, 1.807) is 0 Å². The van der Waals surface area contributed by atoms with Gasteiger partial charge >= 0.3 is 0 Å². The second kappa shape index (κ2) is 8.47. The van der Waals surface area contributed by atoms with E-state index < -0.39 is 11.7 Å². The summed E-state index contributed by atoms with van der Waals surface area (Å²) in [5, 5.41) is 2.78. The van der Waals surface area contributed by atoms with Crippen LogP contribution in [-0.4, -0.2) is 17.4 Å². The van der Waals surface area contributed by atoms with Gasteiger partial charge in [0.2, 0.25) is 0 Å². The molecule has 1 heterocycles. The predicted molar refractivity (Wildman–Crippen MR) is 77.6 cm³/mol. The van der Waals surface area contributed by atoms with Crippen LogP contribution in [0.15, 0.2) is 12.3 Å². The SMILES string of the molecule is CCCCC(CC)CNC(=O)c1ccnc(NN)c1F. The van der Waals surface area contributed by atoms with Crippen molar-refractivity contribution in [3.8, 4) is 0 Å². The number of amides is 1. The second-order valence-electron chi connectivity index (χ2n) is 4.79. The number of hydrazine groups is 1. The lowest BCUT2D eigenvalue weighted by Gasteiger charge is -2.15. The Morgan fingerprint density at radius 3 is 2.85 bits per heavy atom. The molecule has 0 saturated heterocycles. The summed E-state index contributed by atoms with van der Waals surface area (Å²) in [6.45, 7) is 4.79. The fourth-order valence-corrected chi connectivity index (χ4v) is 2.00. The van der Waals surface area contributed by atoms with Gasteiger partial charge in [0.05, 0.1) is 5.56 Å². The topological polar surface area (TPSA) is 80.0 Å². The maximum atomic E-state index is 13.9. The summed E-state index contributed by atoms with van der Waals surface area (Å²) in [6, 6.07) is 1.35. The third-order valence-corrected chi connectivity index (χ3v) is 3.37. The monoisotopic (exact) mass is 282 g/mol. The first-order valence-corrected chi connectivity index (χ1v) is 7.03. The zero-order valence-corrected chi connectivity index (χ0v) is 12.1. The lowest BCUT2D eigenvalue weighted by molar-refractivity contribution is 0.0941. The van der Waals surface area contributed by atoms with Crippen molar-refractivity contribution in [1.29, 1.82) is 0 Å². The van der Waals surface area contributed by atoms with Crippen molar-refractivity contribution >= 4 is 11.7 Å². The van der Waals surface area contributed by atoms with Gasteiger partial charge in [0.1, 0.15) is 0 Å². The number of aromatic nitrogens is 1. The van der Waals surface area contributed by atoms with E-state index in [-0.39, 0.29) is 11.4 Å². The Bertz CT molecular complexity index is 439. The van der Waals surface area contributed by atoms with E-state index in [0.717, 1.165) is 25.7 Å². The predicted octanol–water partition coefficient (Wildman–Crippen LogP) is 2.45. The molecule has 4 N–H and O–H groups in total. The summed E-state index contributed by atoms with van der Waals surface area (Å²) >= 11 is 0. The van der Waals surface area contributed by atoms with Crippen LogP contribution >= 0.6 is 0 Å². The molecule has 1 amide bonds. The molecule has 0 aromatic carbocycles. The Hall–Kier alpha value is -1.69. The fraction of sp³-hybridized carbons (Fsp3) is 0.571. The van der Waals surface area contributed by atoms with Crippen LogP contribution in [0.5, 0.6) is 0 Å². The maximum absolute atomic E-state index is 13.9. The molecule has 6 heteroatoms. The molecule has 0 aliphatic heterocycles. The molecule has 0 fully saturated rings. The molecular weight excluding hydrogens is 259 g/mol. The van der Waals surface area contributed by atoms with Crippen LogP contribution in [-0.2, 0) is 0 Å². The number of unbranched alkanes of at least 4 members (excludes halogenated alkanes) is 1. The van der Waals surface area contributed by atoms with Crippen molar-refractivity contribution in [3.05, 3.63) is 23.6 Å². The van der Waals surface area contributed by atoms with Crippen molar-refractivity contribution < 1.29 is 9.18 Å². The van der Waals surface area contributed by atoms with Gasteiger partial charge < -0.3 is 10.7 Å². The molecule has 1 atom stereocenters. The fourth-order valence-electron chi connectivity index (χ4n) is 2.00. The van der Waals surface area contributed by atoms with Gasteiger partial charge in [0, 0.05) is 12.7 Å². The van der Waals surface area contributed by atoms with Gasteiger partial charge in [-0.05, 0) is 18.4 Å². The highest BCUT2D eigenvalue weighted by Crippen LogP contribution is 2.15. The Morgan fingerprint density at radius 2 is 2.25 bits per heavy atom. The van der Waals surface area contributed by atoms with Gasteiger partial charge in [-0.3, -0.25) is 4.79 Å². The largest absolute Gasteiger partial charge is 0.352 e. The van der Waals surface area contributed by atoms with E-state index in [9.17, 15) is 9.18 Å². The van der Waals surface area contributed by atoms with Crippen LogP contribution in [0.4, 0.5) is 10.2 Å². The van der Waals surface area contributed by atoms with Gasteiger partial charge in [-0.15, -0.1) is 0 Å². The Labute approximate surface area is 119 Å². The number of nitrogens with two attached hydrogens (primary N) is 1. The molecule has 1 rings (SSSR count). The number of nitrogens with one attached hydrogen (secondary N) is 2. The number of hydrogen-bond donors (Lipinski definition) is 3. The van der Waals surface area contributed by atoms with Crippen LogP contribution in [0.25, 0.3) is 0 Å². The number of halogens is 1. The number of pyridine rings is 1. The number of nitrogens with zero attached hydrogens (tertiary/aromatic N) is 1. The van der Waals surface area contributed by atoms with E-state index in [2.05, 4.69) is 29.6 Å². The molecule has 1 aromatic heterocycles. The van der Waals surface area contributed by atoms with Crippen molar-refractivity contribution in [2.45, 2.75) is 39.5 Å². The van der Waals surface area contributed by atoms with Crippen LogP contribution in [0.3, 0.4) is 0 Å². The normalized spacial score (nSPS) is 12.0. The first-order chi connectivity index (χ1) is 9.63. The third-order valence-electron chi connectivity index (χ3n) is 3.37. The summed E-state index contributed by atoms with van der Waals surface area (Å²) < 4.78 is 13.9. The number of rotatable bonds is 8. The van der Waals surface area contributed by atoms with Gasteiger partial charge in [-0.1, -0.05) is 33.1 Å². The number of carbonyl (C=O) groups excluding carboxylic acids is 1. The van der Waals surface area contributed by atoms with Crippen molar-refractivity contribution in [2.75, 3.05) is 12.0 Å². The molecule has 0 saturated carbocycles. The van der Waals surface area contributed by atoms with E-state index in [0.29, 0.717) is 12.5 Å². The Morgan fingerprint density at radius 1 is 1.50 bits per heavy atom. The first-order valence-electron chi connectivity index (χ1n) is 7.03. The highest BCUT2D eigenvalue weighted by Gasteiger charge is 2.16. The molecule has 0 bridgehead atoms. The van der Waals surface area contributed by atoms with Crippen molar-refractivity contribution in [2.24, 2.45) is 11.8 Å². The lowest BCUT2D eigenvalue weighted by atomic mass is 9.99.